The highest BCUT2D eigenvalue weighted by Gasteiger charge is 2.40. The predicted octanol–water partition coefficient (Wildman–Crippen LogP) is 2.22. The second kappa shape index (κ2) is 5.09. The van der Waals surface area contributed by atoms with Crippen molar-refractivity contribution in [3.8, 4) is 6.07 Å². The van der Waals surface area contributed by atoms with Crippen molar-refractivity contribution in [2.45, 2.75) is 38.0 Å². The number of benzene rings is 1. The number of rotatable bonds is 4. The maximum absolute atomic E-state index is 8.75. The standard InChI is InChI=1S/C15H18N2O/c16-9-11-1-3-12(4-2-11)10-17-14-7-8-18-15(14)13-5-6-13/h1-4,13-15,17H,5-8,10H2. The molecule has 1 aromatic rings. The zero-order valence-electron chi connectivity index (χ0n) is 10.4. The quantitative estimate of drug-likeness (QED) is 0.880. The zero-order chi connectivity index (χ0) is 12.4. The number of hydrogen-bond donors (Lipinski definition) is 1. The zero-order valence-corrected chi connectivity index (χ0v) is 10.4. The van der Waals surface area contributed by atoms with Crippen LogP contribution in [-0.4, -0.2) is 18.8 Å². The van der Waals surface area contributed by atoms with Crippen molar-refractivity contribution in [2.75, 3.05) is 6.61 Å². The van der Waals surface area contributed by atoms with Gasteiger partial charge in [-0.25, -0.2) is 0 Å². The maximum Gasteiger partial charge on any atom is 0.0991 e. The molecule has 0 amide bonds. The number of hydrogen-bond acceptors (Lipinski definition) is 3. The van der Waals surface area contributed by atoms with E-state index in [1.165, 1.54) is 18.4 Å². The molecule has 0 bridgehead atoms. The van der Waals surface area contributed by atoms with E-state index in [0.717, 1.165) is 31.1 Å². The van der Waals surface area contributed by atoms with E-state index >= 15 is 0 Å². The number of nitriles is 1. The van der Waals surface area contributed by atoms with E-state index in [0.29, 0.717) is 12.1 Å². The third-order valence-electron chi connectivity index (χ3n) is 3.87. The highest BCUT2D eigenvalue weighted by molar-refractivity contribution is 5.31. The number of ether oxygens (including phenoxy) is 1. The molecule has 94 valence electrons. The molecule has 3 rings (SSSR count). The summed E-state index contributed by atoms with van der Waals surface area (Å²) < 4.78 is 5.81. The minimum atomic E-state index is 0.434. The fourth-order valence-electron chi connectivity index (χ4n) is 2.67. The van der Waals surface area contributed by atoms with E-state index in [1.807, 2.05) is 24.3 Å². The first-order valence-corrected chi connectivity index (χ1v) is 6.71. The molecule has 3 heteroatoms. The summed E-state index contributed by atoms with van der Waals surface area (Å²) in [4.78, 5) is 0. The third-order valence-corrected chi connectivity index (χ3v) is 3.87. The minimum absolute atomic E-state index is 0.434. The van der Waals surface area contributed by atoms with Gasteiger partial charge in [0.05, 0.1) is 17.7 Å². The molecule has 0 spiro atoms. The summed E-state index contributed by atoms with van der Waals surface area (Å²) in [5, 5.41) is 12.4. The molecule has 1 heterocycles. The van der Waals surface area contributed by atoms with Crippen LogP contribution in [0.15, 0.2) is 24.3 Å². The molecule has 1 saturated carbocycles. The van der Waals surface area contributed by atoms with Gasteiger partial charge in [-0.15, -0.1) is 0 Å². The SMILES string of the molecule is N#Cc1ccc(CNC2CCOC2C2CC2)cc1. The van der Waals surface area contributed by atoms with E-state index in [4.69, 9.17) is 10.00 Å². The van der Waals surface area contributed by atoms with Crippen LogP contribution in [0.4, 0.5) is 0 Å². The summed E-state index contributed by atoms with van der Waals surface area (Å²) in [7, 11) is 0. The van der Waals surface area contributed by atoms with Crippen molar-refractivity contribution in [2.24, 2.45) is 5.92 Å². The molecule has 1 aliphatic heterocycles. The van der Waals surface area contributed by atoms with Crippen LogP contribution in [0.2, 0.25) is 0 Å². The molecule has 2 aliphatic rings. The Morgan fingerprint density at radius 2 is 2.00 bits per heavy atom. The van der Waals surface area contributed by atoms with Crippen LogP contribution < -0.4 is 5.32 Å². The summed E-state index contributed by atoms with van der Waals surface area (Å²) in [6, 6.07) is 10.4. The molecule has 0 aromatic heterocycles. The average molecular weight is 242 g/mol. The Bertz CT molecular complexity index is 445. The maximum atomic E-state index is 8.75. The van der Waals surface area contributed by atoms with Gasteiger partial charge in [-0.1, -0.05) is 12.1 Å². The first-order chi connectivity index (χ1) is 8.86. The Hall–Kier alpha value is -1.37. The van der Waals surface area contributed by atoms with E-state index in [-0.39, 0.29) is 0 Å². The van der Waals surface area contributed by atoms with Gasteiger partial charge < -0.3 is 10.1 Å². The monoisotopic (exact) mass is 242 g/mol. The van der Waals surface area contributed by atoms with Crippen LogP contribution in [-0.2, 0) is 11.3 Å². The third kappa shape index (κ3) is 2.55. The van der Waals surface area contributed by atoms with Gasteiger partial charge in [-0.05, 0) is 42.9 Å². The van der Waals surface area contributed by atoms with Gasteiger partial charge >= 0.3 is 0 Å². The van der Waals surface area contributed by atoms with Crippen molar-refractivity contribution < 1.29 is 4.74 Å². The second-order valence-corrected chi connectivity index (χ2v) is 5.26. The van der Waals surface area contributed by atoms with Gasteiger partial charge in [-0.2, -0.15) is 5.26 Å². The molecule has 3 nitrogen and oxygen atoms in total. The van der Waals surface area contributed by atoms with Crippen molar-refractivity contribution in [1.29, 1.82) is 5.26 Å². The lowest BCUT2D eigenvalue weighted by Crippen LogP contribution is -2.37. The van der Waals surface area contributed by atoms with Gasteiger partial charge in [0.2, 0.25) is 0 Å². The van der Waals surface area contributed by atoms with Crippen molar-refractivity contribution in [3.63, 3.8) is 0 Å². The van der Waals surface area contributed by atoms with Crippen LogP contribution >= 0.6 is 0 Å². The number of nitrogens with zero attached hydrogens (tertiary/aromatic N) is 1. The lowest BCUT2D eigenvalue weighted by Gasteiger charge is -2.19. The molecule has 0 radical (unpaired) electrons. The van der Waals surface area contributed by atoms with Crippen LogP contribution in [0.1, 0.15) is 30.4 Å². The van der Waals surface area contributed by atoms with Gasteiger partial charge in [0.1, 0.15) is 0 Å². The normalized spacial score (nSPS) is 27.1. The van der Waals surface area contributed by atoms with E-state index in [9.17, 15) is 0 Å². The first-order valence-electron chi connectivity index (χ1n) is 6.71. The molecule has 1 saturated heterocycles. The first kappa shape index (κ1) is 11.7. The Kier molecular flexibility index (Phi) is 3.31. The van der Waals surface area contributed by atoms with E-state index in [2.05, 4.69) is 11.4 Å². The topological polar surface area (TPSA) is 45.0 Å². The summed E-state index contributed by atoms with van der Waals surface area (Å²) >= 11 is 0. The van der Waals surface area contributed by atoms with E-state index in [1.54, 1.807) is 0 Å². The Labute approximate surface area is 108 Å². The fourth-order valence-corrected chi connectivity index (χ4v) is 2.67. The molecule has 18 heavy (non-hydrogen) atoms. The average Bonchev–Trinajstić information content (AvgIpc) is 3.16. The van der Waals surface area contributed by atoms with Gasteiger partial charge in [0, 0.05) is 19.2 Å². The minimum Gasteiger partial charge on any atom is -0.376 e. The molecule has 2 fully saturated rings. The largest absolute Gasteiger partial charge is 0.376 e. The molecule has 2 atom stereocenters. The molecule has 1 aliphatic carbocycles. The summed E-state index contributed by atoms with van der Waals surface area (Å²) in [6.07, 6.45) is 4.22. The van der Waals surface area contributed by atoms with Crippen molar-refractivity contribution in [1.82, 2.24) is 5.32 Å². The Morgan fingerprint density at radius 1 is 1.22 bits per heavy atom. The molecular formula is C15H18N2O. The molecule has 1 N–H and O–H groups in total. The van der Waals surface area contributed by atoms with Crippen molar-refractivity contribution >= 4 is 0 Å². The van der Waals surface area contributed by atoms with Crippen LogP contribution in [0.5, 0.6) is 0 Å². The summed E-state index contributed by atoms with van der Waals surface area (Å²) in [6.45, 7) is 1.76. The smallest absolute Gasteiger partial charge is 0.0991 e. The Morgan fingerprint density at radius 3 is 2.67 bits per heavy atom. The fraction of sp³-hybridized carbons (Fsp3) is 0.533. The molecule has 1 aromatic carbocycles. The molecule has 2 unspecified atom stereocenters. The van der Waals surface area contributed by atoms with Crippen molar-refractivity contribution in [3.05, 3.63) is 35.4 Å². The lowest BCUT2D eigenvalue weighted by molar-refractivity contribution is 0.0809. The van der Waals surface area contributed by atoms with Gasteiger partial charge in [0.25, 0.3) is 0 Å². The Balaban J connectivity index is 1.55. The highest BCUT2D eigenvalue weighted by Crippen LogP contribution is 2.38. The summed E-state index contributed by atoms with van der Waals surface area (Å²) in [5.74, 6) is 0.797. The van der Waals surface area contributed by atoms with Crippen LogP contribution in [0.25, 0.3) is 0 Å². The van der Waals surface area contributed by atoms with E-state index < -0.39 is 0 Å². The lowest BCUT2D eigenvalue weighted by atomic mass is 10.1. The highest BCUT2D eigenvalue weighted by atomic mass is 16.5. The van der Waals surface area contributed by atoms with Gasteiger partial charge in [-0.3, -0.25) is 0 Å². The van der Waals surface area contributed by atoms with Crippen LogP contribution in [0.3, 0.4) is 0 Å². The number of nitrogens with one attached hydrogen (secondary N) is 1. The predicted molar refractivity (Wildman–Crippen MR) is 68.9 cm³/mol. The molecular weight excluding hydrogens is 224 g/mol. The van der Waals surface area contributed by atoms with Crippen LogP contribution in [0, 0.1) is 17.2 Å². The van der Waals surface area contributed by atoms with Gasteiger partial charge in [0.15, 0.2) is 0 Å². The second-order valence-electron chi connectivity index (χ2n) is 5.26. The summed E-state index contributed by atoms with van der Waals surface area (Å²) in [5.41, 5.74) is 1.95.